The monoisotopic (exact) mass is 567 g/mol. The number of carbonyl (C=O) groups excluding carboxylic acids is 2. The molecule has 0 bridgehead atoms. The first kappa shape index (κ1) is 27.9. The van der Waals surface area contributed by atoms with Crippen molar-refractivity contribution in [2.45, 2.75) is 57.8 Å². The van der Waals surface area contributed by atoms with Crippen molar-refractivity contribution in [1.82, 2.24) is 5.32 Å². The van der Waals surface area contributed by atoms with Crippen LogP contribution in [0.25, 0.3) is 0 Å². The molecular formula is C33H33N3O2S2. The summed E-state index contributed by atoms with van der Waals surface area (Å²) in [6.07, 6.45) is 5.97. The number of hydrogen-bond donors (Lipinski definition) is 2. The molecule has 2 aromatic carbocycles. The van der Waals surface area contributed by atoms with Crippen LogP contribution in [0.4, 0.5) is 5.69 Å². The van der Waals surface area contributed by atoms with E-state index in [0.717, 1.165) is 29.0 Å². The molecule has 1 saturated carbocycles. The average Bonchev–Trinajstić information content (AvgIpc) is 3.51. The maximum atomic E-state index is 14.0. The van der Waals surface area contributed by atoms with E-state index in [4.69, 9.17) is 0 Å². The Morgan fingerprint density at radius 3 is 2.48 bits per heavy atom. The van der Waals surface area contributed by atoms with Gasteiger partial charge in [-0.3, -0.25) is 9.59 Å². The molecule has 3 aromatic rings. The van der Waals surface area contributed by atoms with Crippen LogP contribution in [0.2, 0.25) is 0 Å². The number of aryl methyl sites for hydroxylation is 1. The summed E-state index contributed by atoms with van der Waals surface area (Å²) in [5.41, 5.74) is 5.46. The Morgan fingerprint density at radius 1 is 1.02 bits per heavy atom. The Balaban J connectivity index is 1.42. The number of rotatable bonds is 8. The molecular weight excluding hydrogens is 535 g/mol. The number of carbonyl (C=O) groups is 2. The summed E-state index contributed by atoms with van der Waals surface area (Å²) < 4.78 is 0. The zero-order chi connectivity index (χ0) is 28.1. The van der Waals surface area contributed by atoms with Crippen molar-refractivity contribution in [3.8, 4) is 6.07 Å². The third kappa shape index (κ3) is 6.09. The number of thioether (sulfide) groups is 1. The van der Waals surface area contributed by atoms with Gasteiger partial charge in [-0.15, -0.1) is 11.3 Å². The summed E-state index contributed by atoms with van der Waals surface area (Å²) in [5, 5.41) is 19.4. The van der Waals surface area contributed by atoms with Gasteiger partial charge in [0.05, 0.1) is 28.3 Å². The molecule has 1 fully saturated rings. The summed E-state index contributed by atoms with van der Waals surface area (Å²) in [7, 11) is 0. The van der Waals surface area contributed by atoms with E-state index < -0.39 is 5.92 Å². The highest BCUT2D eigenvalue weighted by molar-refractivity contribution is 8.03. The summed E-state index contributed by atoms with van der Waals surface area (Å²) in [4.78, 5) is 27.8. The molecule has 7 heteroatoms. The van der Waals surface area contributed by atoms with E-state index in [0.29, 0.717) is 33.4 Å². The number of allylic oxidation sites excluding steroid dienone is 2. The summed E-state index contributed by atoms with van der Waals surface area (Å²) >= 11 is 2.84. The highest BCUT2D eigenvalue weighted by atomic mass is 32.2. The molecule has 204 valence electrons. The van der Waals surface area contributed by atoms with Gasteiger partial charge in [0.15, 0.2) is 5.78 Å². The fraction of sp³-hybridized carbons (Fsp3) is 0.303. The van der Waals surface area contributed by atoms with E-state index in [1.54, 1.807) is 0 Å². The van der Waals surface area contributed by atoms with Gasteiger partial charge in [0, 0.05) is 27.4 Å². The Hall–Kier alpha value is -3.60. The largest absolute Gasteiger partial charge is 0.353 e. The molecule has 0 spiro atoms. The number of thiophene rings is 1. The smallest absolute Gasteiger partial charge is 0.254 e. The van der Waals surface area contributed by atoms with E-state index in [-0.39, 0.29) is 17.4 Å². The average molecular weight is 568 g/mol. The number of nitrogens with one attached hydrogen (secondary N) is 2. The number of dihydropyridines is 1. The molecule has 1 aliphatic heterocycles. The Labute approximate surface area is 244 Å². The third-order valence-electron chi connectivity index (χ3n) is 7.69. The second kappa shape index (κ2) is 12.7. The highest BCUT2D eigenvalue weighted by Gasteiger charge is 2.36. The molecule has 1 atom stereocenters. The van der Waals surface area contributed by atoms with Gasteiger partial charge in [-0.2, -0.15) is 5.26 Å². The zero-order valence-corrected chi connectivity index (χ0v) is 24.5. The molecule has 5 nitrogen and oxygen atoms in total. The Bertz CT molecular complexity index is 1490. The third-order valence-corrected chi connectivity index (χ3v) is 9.65. The van der Waals surface area contributed by atoms with Crippen molar-refractivity contribution in [3.05, 3.63) is 109 Å². The van der Waals surface area contributed by atoms with Gasteiger partial charge in [0.1, 0.15) is 0 Å². The Morgan fingerprint density at radius 2 is 1.77 bits per heavy atom. The molecule has 2 aliphatic rings. The van der Waals surface area contributed by atoms with Crippen molar-refractivity contribution >= 4 is 40.5 Å². The number of nitriles is 1. The number of Topliss-reactive ketones (excluding diaryl/α,β-unsaturated/α-hetero) is 1. The van der Waals surface area contributed by atoms with Gasteiger partial charge in [0.25, 0.3) is 5.91 Å². The van der Waals surface area contributed by atoms with Crippen molar-refractivity contribution in [3.63, 3.8) is 0 Å². The van der Waals surface area contributed by atoms with E-state index in [2.05, 4.69) is 22.8 Å². The van der Waals surface area contributed by atoms with Crippen LogP contribution in [0.3, 0.4) is 0 Å². The lowest BCUT2D eigenvalue weighted by atomic mass is 9.83. The van der Waals surface area contributed by atoms with Crippen LogP contribution in [-0.4, -0.2) is 17.4 Å². The van der Waals surface area contributed by atoms with Crippen molar-refractivity contribution in [2.75, 3.05) is 11.1 Å². The first-order valence-electron chi connectivity index (χ1n) is 13.7. The van der Waals surface area contributed by atoms with E-state index in [1.807, 2.05) is 73.8 Å². The fourth-order valence-electron chi connectivity index (χ4n) is 5.60. The number of nitrogens with zero attached hydrogens (tertiary/aromatic N) is 1. The van der Waals surface area contributed by atoms with Crippen LogP contribution < -0.4 is 10.6 Å². The van der Waals surface area contributed by atoms with Crippen molar-refractivity contribution in [1.29, 1.82) is 5.26 Å². The molecule has 1 amide bonds. The number of amides is 1. The molecule has 0 saturated heterocycles. The normalized spacial score (nSPS) is 17.8. The minimum absolute atomic E-state index is 0.00578. The van der Waals surface area contributed by atoms with Gasteiger partial charge in [-0.1, -0.05) is 85.1 Å². The van der Waals surface area contributed by atoms with Gasteiger partial charge in [-0.25, -0.2) is 0 Å². The molecule has 1 unspecified atom stereocenters. The lowest BCUT2D eigenvalue weighted by Crippen LogP contribution is -2.31. The maximum Gasteiger partial charge on any atom is 0.254 e. The molecule has 2 N–H and O–H groups in total. The minimum Gasteiger partial charge on any atom is -0.353 e. The topological polar surface area (TPSA) is 82.0 Å². The van der Waals surface area contributed by atoms with Crippen LogP contribution in [0.1, 0.15) is 77.2 Å². The van der Waals surface area contributed by atoms with Gasteiger partial charge in [-0.05, 0) is 55.7 Å². The molecule has 40 heavy (non-hydrogen) atoms. The molecule has 1 aromatic heterocycles. The molecule has 0 radical (unpaired) electrons. The van der Waals surface area contributed by atoms with Crippen LogP contribution >= 0.6 is 23.1 Å². The summed E-state index contributed by atoms with van der Waals surface area (Å²) in [5.74, 6) is -0.0864. The number of benzene rings is 2. The number of para-hydroxylation sites is 1. The quantitative estimate of drug-likeness (QED) is 0.269. The van der Waals surface area contributed by atoms with Gasteiger partial charge in [0.2, 0.25) is 0 Å². The van der Waals surface area contributed by atoms with Crippen LogP contribution in [0.15, 0.2) is 87.9 Å². The standard InChI is InChI=1S/C33H33N3O2S2/c1-21-14-16-24(17-15-21)28(37)20-40-33-26(19-34)31(29-13-8-18-39-29)30(22(2)35-33)32(38)36-27-12-7-6-11-25(27)23-9-4-3-5-10-23/h6-8,11-18,23,31,35H,3-5,9-10,20H2,1-2H3,(H,36,38). The van der Waals surface area contributed by atoms with Gasteiger partial charge >= 0.3 is 0 Å². The number of anilines is 1. The lowest BCUT2D eigenvalue weighted by molar-refractivity contribution is -0.113. The summed E-state index contributed by atoms with van der Waals surface area (Å²) in [6.45, 7) is 3.86. The number of ketones is 1. The second-order valence-electron chi connectivity index (χ2n) is 10.4. The molecule has 1 aliphatic carbocycles. The maximum absolute atomic E-state index is 14.0. The van der Waals surface area contributed by atoms with E-state index >= 15 is 0 Å². The first-order chi connectivity index (χ1) is 19.5. The fourth-order valence-corrected chi connectivity index (χ4v) is 7.43. The first-order valence-corrected chi connectivity index (χ1v) is 15.6. The van der Waals surface area contributed by atoms with Crippen LogP contribution in [0.5, 0.6) is 0 Å². The van der Waals surface area contributed by atoms with Crippen LogP contribution in [0, 0.1) is 18.3 Å². The van der Waals surface area contributed by atoms with Crippen molar-refractivity contribution < 1.29 is 9.59 Å². The predicted octanol–water partition coefficient (Wildman–Crippen LogP) is 8.06. The highest BCUT2D eigenvalue weighted by Crippen LogP contribution is 2.43. The minimum atomic E-state index is -0.509. The SMILES string of the molecule is CC1=C(C(=O)Nc2ccccc2C2CCCCC2)C(c2cccs2)C(C#N)=C(SCC(=O)c2ccc(C)cc2)N1. The van der Waals surface area contributed by atoms with Gasteiger partial charge < -0.3 is 10.6 Å². The second-order valence-corrected chi connectivity index (χ2v) is 12.4. The van der Waals surface area contributed by atoms with E-state index in [9.17, 15) is 14.9 Å². The predicted molar refractivity (Wildman–Crippen MR) is 164 cm³/mol. The van der Waals surface area contributed by atoms with Crippen molar-refractivity contribution in [2.24, 2.45) is 0 Å². The zero-order valence-electron chi connectivity index (χ0n) is 22.8. The molecule has 2 heterocycles. The number of hydrogen-bond acceptors (Lipinski definition) is 6. The van der Waals surface area contributed by atoms with E-state index in [1.165, 1.54) is 47.9 Å². The summed E-state index contributed by atoms with van der Waals surface area (Å²) in [6, 6.07) is 21.9. The molecule has 5 rings (SSSR count). The van der Waals surface area contributed by atoms with Crippen LogP contribution in [-0.2, 0) is 4.79 Å². The Kier molecular flexibility index (Phi) is 8.88. The lowest BCUT2D eigenvalue weighted by Gasteiger charge is -2.30.